The van der Waals surface area contributed by atoms with Crippen LogP contribution in [0.25, 0.3) is 0 Å². The van der Waals surface area contributed by atoms with Gasteiger partial charge in [0.15, 0.2) is 0 Å². The topological polar surface area (TPSA) is 89.0 Å². The molecule has 0 spiro atoms. The second-order valence-electron chi connectivity index (χ2n) is 4.77. The molecule has 2 heterocycles. The van der Waals surface area contributed by atoms with Gasteiger partial charge >= 0.3 is 5.97 Å². The molecule has 1 aromatic heterocycles. The number of amides is 1. The van der Waals surface area contributed by atoms with Gasteiger partial charge in [-0.25, -0.2) is 4.98 Å². The van der Waals surface area contributed by atoms with E-state index in [1.54, 1.807) is 6.92 Å². The minimum atomic E-state index is -0.976. The molecule has 1 aromatic rings. The summed E-state index contributed by atoms with van der Waals surface area (Å²) in [6.45, 7) is 3.14. The van der Waals surface area contributed by atoms with Crippen molar-refractivity contribution in [1.82, 2.24) is 9.88 Å². The van der Waals surface area contributed by atoms with E-state index in [2.05, 4.69) is 4.98 Å². The summed E-state index contributed by atoms with van der Waals surface area (Å²) >= 11 is 6.03. The summed E-state index contributed by atoms with van der Waals surface area (Å²) in [7, 11) is 0. The average Bonchev–Trinajstić information content (AvgIpc) is 2.49. The zero-order valence-electron chi connectivity index (χ0n) is 12.1. The lowest BCUT2D eigenvalue weighted by molar-refractivity contribution is -0.139. The summed E-state index contributed by atoms with van der Waals surface area (Å²) in [5, 5.41) is 9.18. The van der Waals surface area contributed by atoms with E-state index in [0.29, 0.717) is 25.3 Å². The van der Waals surface area contributed by atoms with Gasteiger partial charge in [0, 0.05) is 12.7 Å². The smallest absolute Gasteiger partial charge is 0.305 e. The van der Waals surface area contributed by atoms with Gasteiger partial charge in [0.05, 0.1) is 37.8 Å². The van der Waals surface area contributed by atoms with Crippen LogP contribution >= 0.6 is 11.6 Å². The van der Waals surface area contributed by atoms with Gasteiger partial charge in [-0.05, 0) is 13.0 Å². The van der Waals surface area contributed by atoms with Crippen LogP contribution in [-0.4, -0.2) is 59.3 Å². The second-order valence-corrected chi connectivity index (χ2v) is 5.18. The summed E-state index contributed by atoms with van der Waals surface area (Å²) in [5.74, 6) is -1.02. The van der Waals surface area contributed by atoms with Crippen LogP contribution in [0.5, 0.6) is 5.88 Å². The molecule has 0 aliphatic carbocycles. The highest BCUT2D eigenvalue weighted by atomic mass is 35.5. The highest BCUT2D eigenvalue weighted by Gasteiger charge is 2.30. The van der Waals surface area contributed by atoms with E-state index in [4.69, 9.17) is 26.2 Å². The molecule has 1 N–H and O–H groups in total. The van der Waals surface area contributed by atoms with Crippen LogP contribution in [-0.2, 0) is 9.53 Å². The molecular formula is C14H17ClN2O5. The van der Waals surface area contributed by atoms with E-state index >= 15 is 0 Å². The number of ether oxygens (including phenoxy) is 2. The van der Waals surface area contributed by atoms with Crippen LogP contribution in [0.2, 0.25) is 5.02 Å². The van der Waals surface area contributed by atoms with Crippen LogP contribution in [0.15, 0.2) is 12.3 Å². The van der Waals surface area contributed by atoms with Gasteiger partial charge < -0.3 is 19.5 Å². The summed E-state index contributed by atoms with van der Waals surface area (Å²) in [5.41, 5.74) is 0.297. The molecule has 1 saturated heterocycles. The molecule has 0 aromatic carbocycles. The Morgan fingerprint density at radius 3 is 3.00 bits per heavy atom. The number of carbonyl (C=O) groups excluding carboxylic acids is 1. The SMILES string of the molecule is CCOc1ncc(C(=O)N2CCOCC2CC(=O)O)cc1Cl. The van der Waals surface area contributed by atoms with Crippen LogP contribution in [0.4, 0.5) is 0 Å². The van der Waals surface area contributed by atoms with Gasteiger partial charge in [0.2, 0.25) is 5.88 Å². The lowest BCUT2D eigenvalue weighted by Gasteiger charge is -2.34. The summed E-state index contributed by atoms with van der Waals surface area (Å²) < 4.78 is 10.5. The number of pyridine rings is 1. The average molecular weight is 329 g/mol. The molecule has 8 heteroatoms. The minimum Gasteiger partial charge on any atom is -0.481 e. The number of carbonyl (C=O) groups is 2. The number of aliphatic carboxylic acids is 1. The van der Waals surface area contributed by atoms with Crippen molar-refractivity contribution in [3.63, 3.8) is 0 Å². The molecule has 120 valence electrons. The Bertz CT molecular complexity index is 566. The van der Waals surface area contributed by atoms with Crippen molar-refractivity contribution < 1.29 is 24.2 Å². The van der Waals surface area contributed by atoms with Gasteiger partial charge in [-0.3, -0.25) is 9.59 Å². The van der Waals surface area contributed by atoms with Gasteiger partial charge in [-0.2, -0.15) is 0 Å². The summed E-state index contributed by atoms with van der Waals surface area (Å²) in [4.78, 5) is 29.0. The fourth-order valence-corrected chi connectivity index (χ4v) is 2.46. The highest BCUT2D eigenvalue weighted by molar-refractivity contribution is 6.32. The first kappa shape index (κ1) is 16.5. The molecular weight excluding hydrogens is 312 g/mol. The second kappa shape index (κ2) is 7.42. The van der Waals surface area contributed by atoms with E-state index in [1.165, 1.54) is 17.2 Å². The molecule has 0 saturated carbocycles. The van der Waals surface area contributed by atoms with Gasteiger partial charge in [0.1, 0.15) is 5.02 Å². The van der Waals surface area contributed by atoms with E-state index in [1.807, 2.05) is 0 Å². The fraction of sp³-hybridized carbons (Fsp3) is 0.500. The van der Waals surface area contributed by atoms with Crippen molar-refractivity contribution in [1.29, 1.82) is 0 Å². The number of halogens is 1. The van der Waals surface area contributed by atoms with E-state index < -0.39 is 12.0 Å². The third-order valence-corrected chi connectivity index (χ3v) is 3.50. The number of nitrogens with zero attached hydrogens (tertiary/aromatic N) is 2. The van der Waals surface area contributed by atoms with E-state index in [0.717, 1.165) is 0 Å². The Morgan fingerprint density at radius 1 is 1.59 bits per heavy atom. The number of hydrogen-bond donors (Lipinski definition) is 1. The summed E-state index contributed by atoms with van der Waals surface area (Å²) in [6, 6.07) is 0.985. The maximum absolute atomic E-state index is 12.6. The molecule has 1 aliphatic rings. The Hall–Kier alpha value is -1.86. The Kier molecular flexibility index (Phi) is 5.57. The molecule has 22 heavy (non-hydrogen) atoms. The van der Waals surface area contributed by atoms with Gasteiger partial charge in [-0.1, -0.05) is 11.6 Å². The maximum atomic E-state index is 12.6. The fourth-order valence-electron chi connectivity index (χ4n) is 2.24. The van der Waals surface area contributed by atoms with Crippen molar-refractivity contribution in [2.75, 3.05) is 26.4 Å². The lowest BCUT2D eigenvalue weighted by atomic mass is 10.1. The molecule has 1 atom stereocenters. The Labute approximate surface area is 132 Å². The third kappa shape index (κ3) is 3.86. The third-order valence-electron chi connectivity index (χ3n) is 3.23. The van der Waals surface area contributed by atoms with Crippen molar-refractivity contribution in [3.8, 4) is 5.88 Å². The Balaban J connectivity index is 2.18. The highest BCUT2D eigenvalue weighted by Crippen LogP contribution is 2.24. The molecule has 1 unspecified atom stereocenters. The number of hydrogen-bond acceptors (Lipinski definition) is 5. The first-order valence-corrected chi connectivity index (χ1v) is 7.29. The van der Waals surface area contributed by atoms with Gasteiger partial charge in [0.25, 0.3) is 5.91 Å². The predicted octanol–water partition coefficient (Wildman–Crippen LogP) is 1.45. The van der Waals surface area contributed by atoms with Crippen LogP contribution in [0, 0.1) is 0 Å². The van der Waals surface area contributed by atoms with Crippen molar-refractivity contribution in [2.45, 2.75) is 19.4 Å². The number of rotatable bonds is 5. The zero-order chi connectivity index (χ0) is 16.1. The number of morpholine rings is 1. The molecule has 1 amide bonds. The first-order valence-electron chi connectivity index (χ1n) is 6.91. The molecule has 1 fully saturated rings. The normalized spacial score (nSPS) is 18.1. The predicted molar refractivity (Wildman–Crippen MR) is 78.3 cm³/mol. The first-order chi connectivity index (χ1) is 10.5. The van der Waals surface area contributed by atoms with E-state index in [9.17, 15) is 9.59 Å². The number of carboxylic acids is 1. The number of aromatic nitrogens is 1. The summed E-state index contributed by atoms with van der Waals surface area (Å²) in [6.07, 6.45) is 1.22. The largest absolute Gasteiger partial charge is 0.481 e. The van der Waals surface area contributed by atoms with Crippen LogP contribution in [0.1, 0.15) is 23.7 Å². The number of carboxylic acid groups (broad SMARTS) is 1. The standard InChI is InChI=1S/C14H17ClN2O5/c1-2-22-13-11(15)5-9(7-16-13)14(20)17-3-4-21-8-10(17)6-12(18)19/h5,7,10H,2-4,6,8H2,1H3,(H,18,19). The monoisotopic (exact) mass is 328 g/mol. The van der Waals surface area contributed by atoms with Crippen molar-refractivity contribution in [2.24, 2.45) is 0 Å². The minimum absolute atomic E-state index is 0.163. The van der Waals surface area contributed by atoms with Crippen molar-refractivity contribution >= 4 is 23.5 Å². The Morgan fingerprint density at radius 2 is 2.36 bits per heavy atom. The van der Waals surface area contributed by atoms with Crippen LogP contribution in [0.3, 0.4) is 0 Å². The molecule has 1 aliphatic heterocycles. The van der Waals surface area contributed by atoms with E-state index in [-0.39, 0.29) is 29.8 Å². The van der Waals surface area contributed by atoms with Crippen LogP contribution < -0.4 is 4.74 Å². The zero-order valence-corrected chi connectivity index (χ0v) is 12.9. The van der Waals surface area contributed by atoms with Crippen molar-refractivity contribution in [3.05, 3.63) is 22.8 Å². The molecule has 7 nitrogen and oxygen atoms in total. The molecule has 2 rings (SSSR count). The lowest BCUT2D eigenvalue weighted by Crippen LogP contribution is -2.49. The quantitative estimate of drug-likeness (QED) is 0.880. The molecule has 0 radical (unpaired) electrons. The maximum Gasteiger partial charge on any atom is 0.305 e. The molecule has 0 bridgehead atoms. The van der Waals surface area contributed by atoms with Gasteiger partial charge in [-0.15, -0.1) is 0 Å².